The van der Waals surface area contributed by atoms with Crippen LogP contribution in [0.3, 0.4) is 0 Å². The molecule has 7 heteroatoms. The zero-order valence-corrected chi connectivity index (χ0v) is 13.2. The molecule has 0 aliphatic carbocycles. The number of carbonyl (C=O) groups excluding carboxylic acids is 1. The summed E-state index contributed by atoms with van der Waals surface area (Å²) < 4.78 is 5.64. The molecule has 0 bridgehead atoms. The van der Waals surface area contributed by atoms with Gasteiger partial charge in [-0.25, -0.2) is 5.43 Å². The number of amides is 1. The minimum Gasteiger partial charge on any atom is -0.507 e. The molecule has 1 amide bonds. The minimum atomic E-state index is -0.541. The number of phenolic OH excluding ortho intramolecular Hbond substituents is 2. The number of aromatic hydroxyl groups is 2. The predicted molar refractivity (Wildman–Crippen MR) is 85.5 cm³/mol. The van der Waals surface area contributed by atoms with Gasteiger partial charge < -0.3 is 14.9 Å². The van der Waals surface area contributed by atoms with E-state index >= 15 is 0 Å². The van der Waals surface area contributed by atoms with Crippen LogP contribution in [0.4, 0.5) is 0 Å². The first kappa shape index (κ1) is 15.8. The summed E-state index contributed by atoms with van der Waals surface area (Å²) in [4.78, 5) is 11.9. The highest BCUT2D eigenvalue weighted by Gasteiger charge is 2.10. The Morgan fingerprint density at radius 2 is 1.95 bits per heavy atom. The second kappa shape index (κ2) is 6.95. The van der Waals surface area contributed by atoms with Crippen LogP contribution < -0.4 is 10.2 Å². The number of halogens is 1. The summed E-state index contributed by atoms with van der Waals surface area (Å²) in [6.07, 6.45) is 1.40. The van der Waals surface area contributed by atoms with Gasteiger partial charge in [0, 0.05) is 4.47 Å². The molecule has 2 aromatic carbocycles. The van der Waals surface area contributed by atoms with Gasteiger partial charge in [0.15, 0.2) is 11.5 Å². The molecule has 0 radical (unpaired) electrons. The maximum Gasteiger partial charge on any atom is 0.275 e. The van der Waals surface area contributed by atoms with E-state index in [4.69, 9.17) is 4.74 Å². The molecular weight excluding hydrogens is 352 g/mol. The summed E-state index contributed by atoms with van der Waals surface area (Å²) in [5.74, 6) is -0.356. The van der Waals surface area contributed by atoms with Crippen LogP contribution >= 0.6 is 15.9 Å². The zero-order chi connectivity index (χ0) is 16.1. The molecule has 3 N–H and O–H groups in total. The third-order valence-electron chi connectivity index (χ3n) is 2.79. The largest absolute Gasteiger partial charge is 0.507 e. The first-order chi connectivity index (χ1) is 10.5. The summed E-state index contributed by atoms with van der Waals surface area (Å²) in [5, 5.41) is 22.9. The normalized spacial score (nSPS) is 10.6. The first-order valence-electron chi connectivity index (χ1n) is 6.20. The van der Waals surface area contributed by atoms with Crippen molar-refractivity contribution in [2.75, 3.05) is 7.11 Å². The van der Waals surface area contributed by atoms with Crippen molar-refractivity contribution in [2.24, 2.45) is 5.10 Å². The lowest BCUT2D eigenvalue weighted by Crippen LogP contribution is -2.17. The Labute approximate surface area is 135 Å². The fraction of sp³-hybridized carbons (Fsp3) is 0.0667. The van der Waals surface area contributed by atoms with Crippen molar-refractivity contribution in [1.29, 1.82) is 0 Å². The van der Waals surface area contributed by atoms with Crippen LogP contribution in [-0.4, -0.2) is 29.4 Å². The summed E-state index contributed by atoms with van der Waals surface area (Å²) in [5.41, 5.74) is 3.05. The summed E-state index contributed by atoms with van der Waals surface area (Å²) in [7, 11) is 1.44. The van der Waals surface area contributed by atoms with Gasteiger partial charge in [-0.2, -0.15) is 5.10 Å². The molecule has 0 heterocycles. The zero-order valence-electron chi connectivity index (χ0n) is 11.6. The van der Waals surface area contributed by atoms with E-state index in [1.54, 1.807) is 18.2 Å². The molecule has 114 valence electrons. The van der Waals surface area contributed by atoms with Gasteiger partial charge in [-0.1, -0.05) is 15.9 Å². The number of ether oxygens (including phenoxy) is 1. The van der Waals surface area contributed by atoms with Gasteiger partial charge in [-0.3, -0.25) is 4.79 Å². The van der Waals surface area contributed by atoms with Crippen LogP contribution in [0.5, 0.6) is 17.2 Å². The molecule has 2 aromatic rings. The van der Waals surface area contributed by atoms with Crippen molar-refractivity contribution < 1.29 is 19.7 Å². The van der Waals surface area contributed by atoms with Crippen LogP contribution in [0.2, 0.25) is 0 Å². The van der Waals surface area contributed by atoms with Gasteiger partial charge in [0.2, 0.25) is 0 Å². The highest BCUT2D eigenvalue weighted by atomic mass is 79.9. The van der Waals surface area contributed by atoms with Gasteiger partial charge in [0.25, 0.3) is 5.91 Å². The highest BCUT2D eigenvalue weighted by molar-refractivity contribution is 9.10. The summed E-state index contributed by atoms with van der Waals surface area (Å²) >= 11 is 3.23. The molecule has 0 unspecified atom stereocenters. The van der Waals surface area contributed by atoms with Crippen LogP contribution in [0, 0.1) is 0 Å². The maximum absolute atomic E-state index is 11.9. The van der Waals surface area contributed by atoms with Crippen LogP contribution in [0.25, 0.3) is 0 Å². The lowest BCUT2D eigenvalue weighted by Gasteiger charge is -2.04. The molecule has 2 rings (SSSR count). The molecule has 0 aliphatic rings. The van der Waals surface area contributed by atoms with E-state index in [1.165, 1.54) is 31.5 Å². The van der Waals surface area contributed by atoms with Crippen LogP contribution in [-0.2, 0) is 0 Å². The van der Waals surface area contributed by atoms with Crippen molar-refractivity contribution in [3.8, 4) is 17.2 Å². The smallest absolute Gasteiger partial charge is 0.275 e. The predicted octanol–water partition coefficient (Wildman–Crippen LogP) is 2.63. The second-order valence-corrected chi connectivity index (χ2v) is 5.21. The number of rotatable bonds is 4. The molecule has 0 saturated heterocycles. The second-order valence-electron chi connectivity index (χ2n) is 4.29. The Morgan fingerprint density at radius 3 is 2.68 bits per heavy atom. The molecule has 6 nitrogen and oxygen atoms in total. The van der Waals surface area contributed by atoms with E-state index in [-0.39, 0.29) is 17.1 Å². The third kappa shape index (κ3) is 3.76. The van der Waals surface area contributed by atoms with E-state index in [2.05, 4.69) is 26.5 Å². The van der Waals surface area contributed by atoms with E-state index in [0.717, 1.165) is 0 Å². The Morgan fingerprint density at radius 1 is 1.23 bits per heavy atom. The number of phenols is 2. The van der Waals surface area contributed by atoms with Crippen LogP contribution in [0.1, 0.15) is 15.9 Å². The van der Waals surface area contributed by atoms with Crippen molar-refractivity contribution in [3.63, 3.8) is 0 Å². The number of nitrogens with one attached hydrogen (secondary N) is 1. The number of nitrogens with zero attached hydrogens (tertiary/aromatic N) is 1. The Balaban J connectivity index is 2.09. The standard InChI is InChI=1S/C15H13BrN2O4/c1-22-14-6-9(2-4-13(14)20)8-17-18-15(21)11-7-10(16)3-5-12(11)19/h2-8,19-20H,1H3,(H,18,21)/b17-8-. The van der Waals surface area contributed by atoms with Crippen molar-refractivity contribution >= 4 is 28.1 Å². The summed E-state index contributed by atoms with van der Waals surface area (Å²) in [6, 6.07) is 9.17. The van der Waals surface area contributed by atoms with Gasteiger partial charge in [0.1, 0.15) is 5.75 Å². The topological polar surface area (TPSA) is 91.2 Å². The van der Waals surface area contributed by atoms with Gasteiger partial charge in [-0.05, 0) is 42.0 Å². The molecule has 0 aromatic heterocycles. The average Bonchev–Trinajstić information content (AvgIpc) is 2.51. The SMILES string of the molecule is COc1cc(/C=N\NC(=O)c2cc(Br)ccc2O)ccc1O. The molecule has 0 fully saturated rings. The Hall–Kier alpha value is -2.54. The average molecular weight is 365 g/mol. The highest BCUT2D eigenvalue weighted by Crippen LogP contribution is 2.25. The van der Waals surface area contributed by atoms with Crippen LogP contribution in [0.15, 0.2) is 46.0 Å². The molecule has 0 saturated carbocycles. The molecule has 0 aliphatic heterocycles. The van der Waals surface area contributed by atoms with E-state index in [1.807, 2.05) is 0 Å². The lowest BCUT2D eigenvalue weighted by atomic mass is 10.2. The van der Waals surface area contributed by atoms with Gasteiger partial charge >= 0.3 is 0 Å². The molecule has 0 spiro atoms. The molecule has 22 heavy (non-hydrogen) atoms. The molecule has 0 atom stereocenters. The van der Waals surface area contributed by atoms with E-state index in [9.17, 15) is 15.0 Å². The molecular formula is C15H13BrN2O4. The van der Waals surface area contributed by atoms with Crippen molar-refractivity contribution in [1.82, 2.24) is 5.43 Å². The number of hydrogen-bond donors (Lipinski definition) is 3. The number of carbonyl (C=O) groups is 1. The van der Waals surface area contributed by atoms with Gasteiger partial charge in [-0.15, -0.1) is 0 Å². The van der Waals surface area contributed by atoms with E-state index in [0.29, 0.717) is 15.8 Å². The fourth-order valence-electron chi connectivity index (χ4n) is 1.69. The summed E-state index contributed by atoms with van der Waals surface area (Å²) in [6.45, 7) is 0. The number of benzene rings is 2. The third-order valence-corrected chi connectivity index (χ3v) is 3.28. The monoisotopic (exact) mass is 364 g/mol. The van der Waals surface area contributed by atoms with E-state index < -0.39 is 5.91 Å². The van der Waals surface area contributed by atoms with Gasteiger partial charge in [0.05, 0.1) is 18.9 Å². The fourth-order valence-corrected chi connectivity index (χ4v) is 2.05. The Bertz CT molecular complexity index is 731. The first-order valence-corrected chi connectivity index (χ1v) is 6.99. The Kier molecular flexibility index (Phi) is 5.00. The lowest BCUT2D eigenvalue weighted by molar-refractivity contribution is 0.0952. The number of hydrazone groups is 1. The quantitative estimate of drug-likeness (QED) is 0.574. The maximum atomic E-state index is 11.9. The van der Waals surface area contributed by atoms with Crippen molar-refractivity contribution in [3.05, 3.63) is 52.0 Å². The minimum absolute atomic E-state index is 0.0164. The van der Waals surface area contributed by atoms with Crippen molar-refractivity contribution in [2.45, 2.75) is 0 Å². The number of hydrogen-bond acceptors (Lipinski definition) is 5. The number of methoxy groups -OCH3 is 1.